The Morgan fingerprint density at radius 3 is 2.68 bits per heavy atom. The van der Waals surface area contributed by atoms with Gasteiger partial charge >= 0.3 is 0 Å². The van der Waals surface area contributed by atoms with Crippen LogP contribution in [0, 0.1) is 11.3 Å². The summed E-state index contributed by atoms with van der Waals surface area (Å²) in [5.41, 5.74) is 2.36. The van der Waals surface area contributed by atoms with E-state index in [4.69, 9.17) is 14.5 Å². The Kier molecular flexibility index (Phi) is 7.06. The van der Waals surface area contributed by atoms with E-state index in [1.54, 1.807) is 6.08 Å². The minimum atomic E-state index is -1.24. The highest BCUT2D eigenvalue weighted by Gasteiger charge is 2.43. The van der Waals surface area contributed by atoms with Gasteiger partial charge in [-0.1, -0.05) is 0 Å². The van der Waals surface area contributed by atoms with Gasteiger partial charge < -0.3 is 29.5 Å². The fourth-order valence-corrected chi connectivity index (χ4v) is 6.89. The quantitative estimate of drug-likeness (QED) is 0.554. The standard InChI is InChI=1S/C29H38FN9O2/c1-21-15-38(26-4-2-22(12-31)39-28(26)25(30)14-34-39)17-24(41-21)16-35-6-8-36(9-7-35)23-3-5-27(33-13-23)37-10-11-40-29(20-37)18-32-19-29/h2-5,13-14,21,24-25,28,32H,6-11,15-20H2,1H3/t21-,24+,25?,28?/m1/s1. The van der Waals surface area contributed by atoms with Gasteiger partial charge in [0.05, 0.1) is 43.5 Å². The highest BCUT2D eigenvalue weighted by molar-refractivity contribution is 5.68. The van der Waals surface area contributed by atoms with E-state index in [1.165, 1.54) is 11.2 Å². The van der Waals surface area contributed by atoms with Crippen LogP contribution < -0.4 is 15.1 Å². The van der Waals surface area contributed by atoms with Crippen LogP contribution in [0.1, 0.15) is 6.92 Å². The van der Waals surface area contributed by atoms with Gasteiger partial charge in [-0.05, 0) is 31.2 Å². The van der Waals surface area contributed by atoms with Crippen molar-refractivity contribution in [2.75, 3.05) is 88.4 Å². The van der Waals surface area contributed by atoms with Crippen molar-refractivity contribution in [3.05, 3.63) is 41.9 Å². The molecule has 4 saturated heterocycles. The molecule has 0 aromatic carbocycles. The fraction of sp³-hybridized carbons (Fsp3) is 0.621. The first-order chi connectivity index (χ1) is 20.0. The molecule has 0 amide bonds. The van der Waals surface area contributed by atoms with Crippen molar-refractivity contribution in [1.29, 1.82) is 5.26 Å². The summed E-state index contributed by atoms with van der Waals surface area (Å²) in [5, 5.41) is 18.4. The molecule has 6 aliphatic heterocycles. The molecule has 6 aliphatic rings. The smallest absolute Gasteiger partial charge is 0.165 e. The van der Waals surface area contributed by atoms with Crippen molar-refractivity contribution in [1.82, 2.24) is 25.1 Å². The summed E-state index contributed by atoms with van der Waals surface area (Å²) in [5.74, 6) is 1.02. The number of alkyl halides is 1. The molecule has 1 N–H and O–H groups in total. The monoisotopic (exact) mass is 563 g/mol. The molecule has 1 aromatic rings. The number of allylic oxidation sites excluding steroid dienone is 3. The summed E-state index contributed by atoms with van der Waals surface area (Å²) < 4.78 is 27.2. The van der Waals surface area contributed by atoms with E-state index in [2.05, 4.69) is 55.1 Å². The molecule has 7 rings (SSSR count). The van der Waals surface area contributed by atoms with Crippen molar-refractivity contribution in [3.8, 4) is 6.07 Å². The Bertz CT molecular complexity index is 1250. The molecular formula is C29H38FN9O2. The Balaban J connectivity index is 0.934. The lowest BCUT2D eigenvalue weighted by molar-refractivity contribution is -0.0883. The van der Waals surface area contributed by atoms with Crippen LogP contribution in [0.25, 0.3) is 0 Å². The maximum Gasteiger partial charge on any atom is 0.165 e. The Morgan fingerprint density at radius 1 is 1.10 bits per heavy atom. The van der Waals surface area contributed by atoms with Gasteiger partial charge in [-0.2, -0.15) is 10.4 Å². The first-order valence-corrected chi connectivity index (χ1v) is 14.7. The van der Waals surface area contributed by atoms with E-state index in [0.717, 1.165) is 82.7 Å². The van der Waals surface area contributed by atoms with Gasteiger partial charge in [-0.25, -0.2) is 14.4 Å². The van der Waals surface area contributed by atoms with Crippen molar-refractivity contribution in [3.63, 3.8) is 0 Å². The molecule has 4 atom stereocenters. The van der Waals surface area contributed by atoms with Gasteiger partial charge in [-0.3, -0.25) is 4.90 Å². The first-order valence-electron chi connectivity index (χ1n) is 14.7. The summed E-state index contributed by atoms with van der Waals surface area (Å²) in [6, 6.07) is 5.89. The summed E-state index contributed by atoms with van der Waals surface area (Å²) in [6.45, 7) is 12.4. The number of hydrogen-bond donors (Lipinski definition) is 1. The molecule has 0 radical (unpaired) electrons. The van der Waals surface area contributed by atoms with Gasteiger partial charge in [0.25, 0.3) is 0 Å². The third kappa shape index (κ3) is 5.16. The van der Waals surface area contributed by atoms with Crippen molar-refractivity contribution in [2.45, 2.75) is 36.9 Å². The predicted molar refractivity (Wildman–Crippen MR) is 153 cm³/mol. The number of fused-ring (bicyclic) bond motifs is 1. The van der Waals surface area contributed by atoms with E-state index in [9.17, 15) is 9.65 Å². The summed E-state index contributed by atoms with van der Waals surface area (Å²) in [7, 11) is 0. The molecule has 0 bridgehead atoms. The Hall–Kier alpha value is -3.24. The lowest BCUT2D eigenvalue weighted by Crippen LogP contribution is -2.69. The average Bonchev–Trinajstić information content (AvgIpc) is 3.38. The molecule has 41 heavy (non-hydrogen) atoms. The molecule has 11 nitrogen and oxygen atoms in total. The second-order valence-electron chi connectivity index (χ2n) is 11.9. The van der Waals surface area contributed by atoms with E-state index in [-0.39, 0.29) is 17.8 Å². The second-order valence-corrected chi connectivity index (χ2v) is 11.9. The van der Waals surface area contributed by atoms with E-state index >= 15 is 0 Å². The molecule has 1 aromatic heterocycles. The fourth-order valence-electron chi connectivity index (χ4n) is 6.89. The number of rotatable bonds is 5. The molecule has 0 aliphatic carbocycles. The number of hydrazone groups is 1. The third-order valence-corrected chi connectivity index (χ3v) is 9.06. The normalized spacial score (nSPS) is 31.4. The van der Waals surface area contributed by atoms with Crippen LogP contribution in [-0.2, 0) is 9.47 Å². The summed E-state index contributed by atoms with van der Waals surface area (Å²) in [4.78, 5) is 14.3. The lowest BCUT2D eigenvalue weighted by Gasteiger charge is -2.49. The molecule has 7 heterocycles. The number of morpholine rings is 2. The van der Waals surface area contributed by atoms with E-state index < -0.39 is 12.2 Å². The molecule has 218 valence electrons. The number of anilines is 2. The number of nitriles is 1. The number of nitrogens with zero attached hydrogens (tertiary/aromatic N) is 8. The Labute approximate surface area is 240 Å². The number of halogens is 1. The minimum Gasteiger partial charge on any atom is -0.370 e. The topological polar surface area (TPSA) is 95.7 Å². The maximum absolute atomic E-state index is 14.8. The van der Waals surface area contributed by atoms with Crippen LogP contribution in [0.3, 0.4) is 0 Å². The zero-order valence-corrected chi connectivity index (χ0v) is 23.5. The molecule has 2 unspecified atom stereocenters. The molecular weight excluding hydrogens is 525 g/mol. The van der Waals surface area contributed by atoms with Gasteiger partial charge in [-0.15, -0.1) is 0 Å². The van der Waals surface area contributed by atoms with Gasteiger partial charge in [0.15, 0.2) is 6.17 Å². The van der Waals surface area contributed by atoms with Crippen LogP contribution >= 0.6 is 0 Å². The van der Waals surface area contributed by atoms with Gasteiger partial charge in [0.2, 0.25) is 0 Å². The average molecular weight is 564 g/mol. The predicted octanol–water partition coefficient (Wildman–Crippen LogP) is 0.785. The zero-order valence-electron chi connectivity index (χ0n) is 23.5. The number of nitrogens with one attached hydrogen (secondary N) is 1. The summed E-state index contributed by atoms with van der Waals surface area (Å²) >= 11 is 0. The number of pyridine rings is 1. The Morgan fingerprint density at radius 2 is 1.95 bits per heavy atom. The number of aromatic nitrogens is 1. The highest BCUT2D eigenvalue weighted by atomic mass is 19.1. The molecule has 12 heteroatoms. The second kappa shape index (κ2) is 10.9. The maximum atomic E-state index is 14.8. The minimum absolute atomic E-state index is 0.0185. The number of piperazine rings is 1. The van der Waals surface area contributed by atoms with Crippen LogP contribution in [0.5, 0.6) is 0 Å². The van der Waals surface area contributed by atoms with Crippen molar-refractivity contribution < 1.29 is 13.9 Å². The van der Waals surface area contributed by atoms with Crippen molar-refractivity contribution in [2.24, 2.45) is 5.10 Å². The highest BCUT2D eigenvalue weighted by Crippen LogP contribution is 2.33. The van der Waals surface area contributed by atoms with Crippen LogP contribution in [0.15, 0.2) is 47.0 Å². The molecule has 4 fully saturated rings. The third-order valence-electron chi connectivity index (χ3n) is 9.06. The largest absolute Gasteiger partial charge is 0.370 e. The van der Waals surface area contributed by atoms with Crippen LogP contribution in [-0.4, -0.2) is 135 Å². The van der Waals surface area contributed by atoms with Crippen LogP contribution in [0.4, 0.5) is 15.9 Å². The van der Waals surface area contributed by atoms with E-state index in [1.807, 2.05) is 12.3 Å². The van der Waals surface area contributed by atoms with E-state index in [0.29, 0.717) is 18.8 Å². The SMILES string of the molecule is C[C@@H]1CN(C2=CC=C(C#N)N3N=CC(F)C23)C[C@H](CN2CCN(c3ccc(N4CCOC5(CNC5)C4)nc3)CC2)O1. The van der Waals surface area contributed by atoms with Gasteiger partial charge in [0, 0.05) is 71.1 Å². The van der Waals surface area contributed by atoms with Crippen molar-refractivity contribution >= 4 is 17.7 Å². The number of hydrogen-bond acceptors (Lipinski definition) is 11. The number of ether oxygens (including phenoxy) is 2. The molecule has 0 saturated carbocycles. The first kappa shape index (κ1) is 26.6. The lowest BCUT2D eigenvalue weighted by atomic mass is 9.94. The summed E-state index contributed by atoms with van der Waals surface area (Å²) in [6.07, 6.45) is 5.73. The van der Waals surface area contributed by atoms with Crippen LogP contribution in [0.2, 0.25) is 0 Å². The zero-order chi connectivity index (χ0) is 28.0. The van der Waals surface area contributed by atoms with Gasteiger partial charge in [0.1, 0.15) is 29.2 Å². The molecule has 1 spiro atoms.